The van der Waals surface area contributed by atoms with Crippen molar-refractivity contribution in [3.8, 4) is 11.9 Å². The van der Waals surface area contributed by atoms with Crippen LogP contribution in [-0.2, 0) is 0 Å². The summed E-state index contributed by atoms with van der Waals surface area (Å²) in [5.41, 5.74) is 0.571. The molecule has 1 aromatic carbocycles. The number of ether oxygens (including phenoxy) is 1. The molecule has 2 rings (SSSR count). The van der Waals surface area contributed by atoms with Crippen LogP contribution in [0.5, 0.6) is 5.88 Å². The molecule has 0 unspecified atom stereocenters. The van der Waals surface area contributed by atoms with E-state index in [9.17, 15) is 4.79 Å². The van der Waals surface area contributed by atoms with E-state index in [2.05, 4.69) is 4.98 Å². The quantitative estimate of drug-likeness (QED) is 0.795. The molecule has 1 heterocycles. The molecule has 0 N–H and O–H groups in total. The molecule has 0 aliphatic carbocycles. The number of aromatic nitrogens is 1. The monoisotopic (exact) mass is 292 g/mol. The number of hydrogen-bond acceptors (Lipinski definition) is 4. The second-order valence-corrected chi connectivity index (χ2v) is 4.35. The van der Waals surface area contributed by atoms with Gasteiger partial charge in [0, 0.05) is 17.3 Å². The maximum Gasteiger partial charge on any atom is 0.346 e. The number of nitrogens with zero attached hydrogens (tertiary/aromatic N) is 2. The summed E-state index contributed by atoms with van der Waals surface area (Å²) in [4.78, 5) is 15.7. The van der Waals surface area contributed by atoms with Gasteiger partial charge in [0.25, 0.3) is 0 Å². The van der Waals surface area contributed by atoms with E-state index in [-0.39, 0.29) is 16.5 Å². The fourth-order valence-corrected chi connectivity index (χ4v) is 1.80. The van der Waals surface area contributed by atoms with Crippen molar-refractivity contribution in [1.29, 1.82) is 5.26 Å². The van der Waals surface area contributed by atoms with Crippen molar-refractivity contribution >= 4 is 29.2 Å². The zero-order valence-electron chi connectivity index (χ0n) is 9.43. The zero-order chi connectivity index (χ0) is 13.8. The molecule has 0 spiro atoms. The lowest BCUT2D eigenvalue weighted by Gasteiger charge is -2.05. The van der Waals surface area contributed by atoms with Gasteiger partial charge in [-0.3, -0.25) is 0 Å². The Labute approximate surface area is 119 Å². The molecule has 0 bridgehead atoms. The van der Waals surface area contributed by atoms with Gasteiger partial charge in [-0.1, -0.05) is 23.2 Å². The highest BCUT2D eigenvalue weighted by Crippen LogP contribution is 2.22. The molecule has 0 aliphatic rings. The number of halogens is 2. The molecular formula is C13H6Cl2N2O2. The molecule has 0 saturated heterocycles. The first-order valence-electron chi connectivity index (χ1n) is 5.13. The fraction of sp³-hybridized carbons (Fsp3) is 0. The van der Waals surface area contributed by atoms with Gasteiger partial charge < -0.3 is 4.74 Å². The van der Waals surface area contributed by atoms with E-state index in [4.69, 9.17) is 33.2 Å². The van der Waals surface area contributed by atoms with E-state index in [1.807, 2.05) is 6.07 Å². The average molecular weight is 293 g/mol. The predicted molar refractivity (Wildman–Crippen MR) is 70.4 cm³/mol. The number of pyridine rings is 1. The maximum atomic E-state index is 11.8. The summed E-state index contributed by atoms with van der Waals surface area (Å²) in [5, 5.41) is 9.25. The number of rotatable bonds is 2. The first-order chi connectivity index (χ1) is 9.10. The fourth-order valence-electron chi connectivity index (χ4n) is 1.31. The van der Waals surface area contributed by atoms with Gasteiger partial charge >= 0.3 is 5.97 Å². The summed E-state index contributed by atoms with van der Waals surface area (Å²) in [6.45, 7) is 0. The number of carbonyl (C=O) groups is 1. The van der Waals surface area contributed by atoms with Crippen LogP contribution >= 0.6 is 23.2 Å². The minimum Gasteiger partial charge on any atom is -0.404 e. The molecule has 0 amide bonds. The van der Waals surface area contributed by atoms with Gasteiger partial charge in [-0.15, -0.1) is 0 Å². The van der Waals surface area contributed by atoms with E-state index >= 15 is 0 Å². The molecule has 0 fully saturated rings. The van der Waals surface area contributed by atoms with Crippen molar-refractivity contribution < 1.29 is 9.53 Å². The Hall–Kier alpha value is -2.09. The second kappa shape index (κ2) is 5.70. The number of benzene rings is 1. The minimum atomic E-state index is -0.640. The summed E-state index contributed by atoms with van der Waals surface area (Å²) >= 11 is 11.6. The minimum absolute atomic E-state index is 0.0926. The Morgan fingerprint density at radius 1 is 1.26 bits per heavy atom. The Balaban J connectivity index is 2.18. The van der Waals surface area contributed by atoms with Gasteiger partial charge in [-0.05, 0) is 24.3 Å². The molecule has 94 valence electrons. The summed E-state index contributed by atoms with van der Waals surface area (Å²) in [6, 6.07) is 9.30. The summed E-state index contributed by atoms with van der Waals surface area (Å²) in [6.07, 6.45) is 1.31. The average Bonchev–Trinajstić information content (AvgIpc) is 2.39. The Bertz CT molecular complexity index is 663. The topological polar surface area (TPSA) is 63.0 Å². The first-order valence-corrected chi connectivity index (χ1v) is 5.89. The summed E-state index contributed by atoms with van der Waals surface area (Å²) in [5.74, 6) is -0.547. The van der Waals surface area contributed by atoms with Crippen molar-refractivity contribution in [2.45, 2.75) is 0 Å². The normalized spacial score (nSPS) is 9.74. The third-order valence-corrected chi connectivity index (χ3v) is 2.76. The number of nitriles is 1. The van der Waals surface area contributed by atoms with Crippen molar-refractivity contribution in [3.63, 3.8) is 0 Å². The van der Waals surface area contributed by atoms with Gasteiger partial charge in [0.1, 0.15) is 6.07 Å². The SMILES string of the molecule is N#Cc1ccc(OC(=O)c2ccc(Cl)cc2Cl)nc1. The standard InChI is InChI=1S/C13H6Cl2N2O2/c14-9-2-3-10(11(15)5-9)13(18)19-12-4-1-8(6-16)7-17-12/h1-5,7H. The molecule has 4 nitrogen and oxygen atoms in total. The summed E-state index contributed by atoms with van der Waals surface area (Å²) < 4.78 is 5.03. The Kier molecular flexibility index (Phi) is 4.00. The zero-order valence-corrected chi connectivity index (χ0v) is 10.9. The molecule has 19 heavy (non-hydrogen) atoms. The molecule has 0 aliphatic heterocycles. The Morgan fingerprint density at radius 2 is 2.05 bits per heavy atom. The van der Waals surface area contributed by atoms with E-state index in [0.29, 0.717) is 10.6 Å². The van der Waals surface area contributed by atoms with Gasteiger partial charge in [0.05, 0.1) is 16.1 Å². The van der Waals surface area contributed by atoms with Crippen LogP contribution in [0.3, 0.4) is 0 Å². The first kappa shape index (κ1) is 13.3. The number of carbonyl (C=O) groups excluding carboxylic acids is 1. The van der Waals surface area contributed by atoms with Crippen LogP contribution in [0, 0.1) is 11.3 Å². The molecule has 1 aromatic heterocycles. The van der Waals surface area contributed by atoms with Crippen molar-refractivity contribution in [2.75, 3.05) is 0 Å². The van der Waals surface area contributed by atoms with Crippen molar-refractivity contribution in [1.82, 2.24) is 4.98 Å². The number of hydrogen-bond donors (Lipinski definition) is 0. The highest BCUT2D eigenvalue weighted by atomic mass is 35.5. The lowest BCUT2D eigenvalue weighted by Crippen LogP contribution is -2.10. The molecule has 0 atom stereocenters. The predicted octanol–water partition coefficient (Wildman–Crippen LogP) is 3.48. The van der Waals surface area contributed by atoms with E-state index in [1.165, 1.54) is 36.5 Å². The number of esters is 1. The molecule has 0 radical (unpaired) electrons. The van der Waals surface area contributed by atoms with Gasteiger partial charge in [0.15, 0.2) is 0 Å². The third-order valence-electron chi connectivity index (χ3n) is 2.21. The maximum absolute atomic E-state index is 11.8. The lowest BCUT2D eigenvalue weighted by atomic mass is 10.2. The van der Waals surface area contributed by atoms with E-state index in [1.54, 1.807) is 0 Å². The van der Waals surface area contributed by atoms with E-state index in [0.717, 1.165) is 0 Å². The highest BCUT2D eigenvalue weighted by molar-refractivity contribution is 6.36. The van der Waals surface area contributed by atoms with Crippen LogP contribution in [0.25, 0.3) is 0 Å². The van der Waals surface area contributed by atoms with E-state index < -0.39 is 5.97 Å². The van der Waals surface area contributed by atoms with Crippen LogP contribution < -0.4 is 4.74 Å². The largest absolute Gasteiger partial charge is 0.404 e. The van der Waals surface area contributed by atoms with Crippen molar-refractivity contribution in [2.24, 2.45) is 0 Å². The van der Waals surface area contributed by atoms with Gasteiger partial charge in [-0.2, -0.15) is 5.26 Å². The second-order valence-electron chi connectivity index (χ2n) is 3.51. The Morgan fingerprint density at radius 3 is 2.63 bits per heavy atom. The van der Waals surface area contributed by atoms with Crippen LogP contribution in [0.2, 0.25) is 10.0 Å². The smallest absolute Gasteiger partial charge is 0.346 e. The molecule has 6 heteroatoms. The molecule has 2 aromatic rings. The summed E-state index contributed by atoms with van der Waals surface area (Å²) in [7, 11) is 0. The molecular weight excluding hydrogens is 287 g/mol. The van der Waals surface area contributed by atoms with Gasteiger partial charge in [-0.25, -0.2) is 9.78 Å². The highest BCUT2D eigenvalue weighted by Gasteiger charge is 2.13. The van der Waals surface area contributed by atoms with Crippen LogP contribution in [0.1, 0.15) is 15.9 Å². The lowest BCUT2D eigenvalue weighted by molar-refractivity contribution is 0.0727. The molecule has 0 saturated carbocycles. The van der Waals surface area contributed by atoms with Crippen LogP contribution in [-0.4, -0.2) is 11.0 Å². The van der Waals surface area contributed by atoms with Gasteiger partial charge in [0.2, 0.25) is 5.88 Å². The van der Waals surface area contributed by atoms with Crippen LogP contribution in [0.15, 0.2) is 36.5 Å². The third kappa shape index (κ3) is 3.22. The van der Waals surface area contributed by atoms with Crippen LogP contribution in [0.4, 0.5) is 0 Å². The van der Waals surface area contributed by atoms with Crippen molar-refractivity contribution in [3.05, 3.63) is 57.7 Å².